The number of nitrogens with zero attached hydrogens (tertiary/aromatic N) is 1. The minimum atomic E-state index is -0.745. The van der Waals surface area contributed by atoms with Crippen molar-refractivity contribution in [3.05, 3.63) is 0 Å². The van der Waals surface area contributed by atoms with Crippen molar-refractivity contribution in [3.8, 4) is 6.07 Å². The molecular formula is C12H20N2O3. The van der Waals surface area contributed by atoms with Gasteiger partial charge in [-0.3, -0.25) is 4.79 Å². The summed E-state index contributed by atoms with van der Waals surface area (Å²) in [7, 11) is 1.27. The summed E-state index contributed by atoms with van der Waals surface area (Å²) in [5.41, 5.74) is 0. The first-order valence-corrected chi connectivity index (χ1v) is 5.66. The van der Waals surface area contributed by atoms with Gasteiger partial charge in [0.2, 0.25) is 5.91 Å². The third-order valence-electron chi connectivity index (χ3n) is 2.35. The van der Waals surface area contributed by atoms with E-state index in [4.69, 9.17) is 5.26 Å². The predicted octanol–water partition coefficient (Wildman–Crippen LogP) is 1.24. The van der Waals surface area contributed by atoms with Crippen LogP contribution in [0.15, 0.2) is 0 Å². The van der Waals surface area contributed by atoms with Gasteiger partial charge in [-0.25, -0.2) is 4.79 Å². The highest BCUT2D eigenvalue weighted by molar-refractivity contribution is 5.84. The molecule has 0 saturated heterocycles. The Hall–Kier alpha value is -1.57. The predicted molar refractivity (Wildman–Crippen MR) is 62.8 cm³/mol. The van der Waals surface area contributed by atoms with Gasteiger partial charge in [0.25, 0.3) is 0 Å². The second kappa shape index (κ2) is 7.66. The highest BCUT2D eigenvalue weighted by Gasteiger charge is 2.27. The Morgan fingerprint density at radius 3 is 2.35 bits per heavy atom. The lowest BCUT2D eigenvalue weighted by Gasteiger charge is -2.21. The van der Waals surface area contributed by atoms with E-state index in [0.29, 0.717) is 6.42 Å². The number of esters is 1. The molecule has 1 N–H and O–H groups in total. The summed E-state index contributed by atoms with van der Waals surface area (Å²) in [6.07, 6.45) is 0.550. The number of hydrogen-bond acceptors (Lipinski definition) is 4. The number of nitrogens with one attached hydrogen (secondary N) is 1. The van der Waals surface area contributed by atoms with Gasteiger partial charge in [-0.15, -0.1) is 0 Å². The van der Waals surface area contributed by atoms with Crippen molar-refractivity contribution in [2.24, 2.45) is 11.8 Å². The smallest absolute Gasteiger partial charge is 0.328 e. The number of amides is 1. The second-order valence-corrected chi connectivity index (χ2v) is 4.51. The Labute approximate surface area is 102 Å². The molecule has 0 aromatic heterocycles. The number of hydrogen-bond donors (Lipinski definition) is 1. The molecule has 1 amide bonds. The zero-order chi connectivity index (χ0) is 13.4. The molecule has 5 nitrogen and oxygen atoms in total. The van der Waals surface area contributed by atoms with Crippen LogP contribution in [0.4, 0.5) is 0 Å². The molecule has 17 heavy (non-hydrogen) atoms. The van der Waals surface area contributed by atoms with E-state index in [2.05, 4.69) is 10.1 Å². The fourth-order valence-corrected chi connectivity index (χ4v) is 1.43. The normalized spacial score (nSPS) is 13.6. The number of nitriles is 1. The van der Waals surface area contributed by atoms with Gasteiger partial charge in [0.1, 0.15) is 6.04 Å². The second-order valence-electron chi connectivity index (χ2n) is 4.51. The molecule has 0 unspecified atom stereocenters. The van der Waals surface area contributed by atoms with Crippen molar-refractivity contribution < 1.29 is 14.3 Å². The summed E-state index contributed by atoms with van der Waals surface area (Å²) in [6.45, 7) is 5.58. The van der Waals surface area contributed by atoms with Crippen molar-refractivity contribution in [1.29, 1.82) is 5.26 Å². The lowest BCUT2D eigenvalue weighted by Crippen LogP contribution is -2.46. The molecular weight excluding hydrogens is 220 g/mol. The Balaban J connectivity index is 4.55. The van der Waals surface area contributed by atoms with Gasteiger partial charge in [-0.2, -0.15) is 5.26 Å². The lowest BCUT2D eigenvalue weighted by atomic mass is 9.98. The average molecular weight is 240 g/mol. The van der Waals surface area contributed by atoms with Crippen LogP contribution in [0.2, 0.25) is 0 Å². The van der Waals surface area contributed by atoms with E-state index in [1.165, 1.54) is 7.11 Å². The molecule has 0 radical (unpaired) electrons. The van der Waals surface area contributed by atoms with Gasteiger partial charge in [0, 0.05) is 18.8 Å². The van der Waals surface area contributed by atoms with Crippen LogP contribution < -0.4 is 5.32 Å². The van der Waals surface area contributed by atoms with Gasteiger partial charge in [0.05, 0.1) is 13.2 Å². The van der Waals surface area contributed by atoms with E-state index in [0.717, 1.165) is 0 Å². The molecule has 0 spiro atoms. The standard InChI is InChI=1S/C12H20N2O3/c1-8(2)7-10(15)14-11(12(16)17-4)9(3)5-6-13/h8-9,11H,5,7H2,1-4H3,(H,14,15)/t9-,11-/m0/s1. The molecule has 0 saturated carbocycles. The maximum atomic E-state index is 11.6. The number of rotatable bonds is 6. The van der Waals surface area contributed by atoms with E-state index < -0.39 is 12.0 Å². The minimum absolute atomic E-state index is 0.194. The van der Waals surface area contributed by atoms with Crippen LogP contribution in [0.25, 0.3) is 0 Å². The van der Waals surface area contributed by atoms with Crippen LogP contribution in [-0.2, 0) is 14.3 Å². The van der Waals surface area contributed by atoms with Crippen LogP contribution in [-0.4, -0.2) is 25.0 Å². The Kier molecular flexibility index (Phi) is 6.95. The van der Waals surface area contributed by atoms with Crippen LogP contribution in [0, 0.1) is 23.2 Å². The number of carbonyl (C=O) groups is 2. The highest BCUT2D eigenvalue weighted by atomic mass is 16.5. The van der Waals surface area contributed by atoms with Crippen LogP contribution in [0.5, 0.6) is 0 Å². The van der Waals surface area contributed by atoms with E-state index in [1.807, 2.05) is 19.9 Å². The van der Waals surface area contributed by atoms with Crippen LogP contribution in [0.1, 0.15) is 33.6 Å². The number of carbonyl (C=O) groups excluding carboxylic acids is 2. The average Bonchev–Trinajstić information content (AvgIpc) is 2.24. The molecule has 0 aliphatic heterocycles. The zero-order valence-electron chi connectivity index (χ0n) is 10.8. The highest BCUT2D eigenvalue weighted by Crippen LogP contribution is 2.10. The third kappa shape index (κ3) is 5.91. The summed E-state index contributed by atoms with van der Waals surface area (Å²) in [5, 5.41) is 11.2. The van der Waals surface area contributed by atoms with E-state index in [-0.39, 0.29) is 24.2 Å². The van der Waals surface area contributed by atoms with Crippen molar-refractivity contribution in [1.82, 2.24) is 5.32 Å². The molecule has 0 aromatic rings. The first-order chi connectivity index (χ1) is 7.92. The molecule has 2 atom stereocenters. The zero-order valence-corrected chi connectivity index (χ0v) is 10.8. The molecule has 0 fully saturated rings. The number of methoxy groups -OCH3 is 1. The maximum Gasteiger partial charge on any atom is 0.328 e. The minimum Gasteiger partial charge on any atom is -0.467 e. The van der Waals surface area contributed by atoms with Crippen LogP contribution >= 0.6 is 0 Å². The Morgan fingerprint density at radius 2 is 1.94 bits per heavy atom. The summed E-state index contributed by atoms with van der Waals surface area (Å²) in [4.78, 5) is 23.1. The SMILES string of the molecule is COC(=O)[C@@H](NC(=O)CC(C)C)[C@@H](C)CC#N. The fourth-order valence-electron chi connectivity index (χ4n) is 1.43. The maximum absolute atomic E-state index is 11.6. The largest absolute Gasteiger partial charge is 0.467 e. The van der Waals surface area contributed by atoms with Gasteiger partial charge in [0.15, 0.2) is 0 Å². The van der Waals surface area contributed by atoms with Gasteiger partial charge >= 0.3 is 5.97 Å². The topological polar surface area (TPSA) is 79.2 Å². The monoisotopic (exact) mass is 240 g/mol. The first-order valence-electron chi connectivity index (χ1n) is 5.66. The van der Waals surface area contributed by atoms with Gasteiger partial charge in [-0.05, 0) is 5.92 Å². The van der Waals surface area contributed by atoms with Crippen LogP contribution in [0.3, 0.4) is 0 Å². The van der Waals surface area contributed by atoms with Crippen molar-refractivity contribution in [3.63, 3.8) is 0 Å². The fraction of sp³-hybridized carbons (Fsp3) is 0.750. The molecule has 0 heterocycles. The quantitative estimate of drug-likeness (QED) is 0.708. The van der Waals surface area contributed by atoms with Gasteiger partial charge < -0.3 is 10.1 Å². The van der Waals surface area contributed by atoms with E-state index in [1.54, 1.807) is 6.92 Å². The van der Waals surface area contributed by atoms with Gasteiger partial charge in [-0.1, -0.05) is 20.8 Å². The van der Waals surface area contributed by atoms with Crippen molar-refractivity contribution >= 4 is 11.9 Å². The number of ether oxygens (including phenoxy) is 1. The molecule has 0 bridgehead atoms. The van der Waals surface area contributed by atoms with Crippen molar-refractivity contribution in [2.45, 2.75) is 39.7 Å². The third-order valence-corrected chi connectivity index (χ3v) is 2.35. The summed E-state index contributed by atoms with van der Waals surface area (Å²) in [6, 6.07) is 1.24. The Morgan fingerprint density at radius 1 is 1.35 bits per heavy atom. The van der Waals surface area contributed by atoms with E-state index >= 15 is 0 Å². The molecule has 5 heteroatoms. The summed E-state index contributed by atoms with van der Waals surface area (Å²) >= 11 is 0. The first kappa shape index (κ1) is 15.4. The molecule has 0 rings (SSSR count). The van der Waals surface area contributed by atoms with E-state index in [9.17, 15) is 9.59 Å². The molecule has 0 aromatic carbocycles. The molecule has 96 valence electrons. The molecule has 0 aliphatic rings. The Bertz CT molecular complexity index is 307. The molecule has 0 aliphatic carbocycles. The van der Waals surface area contributed by atoms with Crippen molar-refractivity contribution in [2.75, 3.05) is 7.11 Å². The lowest BCUT2D eigenvalue weighted by molar-refractivity contribution is -0.146. The summed E-state index contributed by atoms with van der Waals surface area (Å²) < 4.78 is 4.62. The summed E-state index contributed by atoms with van der Waals surface area (Å²) in [5.74, 6) is -0.742.